The van der Waals surface area contributed by atoms with E-state index in [2.05, 4.69) is 179 Å². The first-order chi connectivity index (χ1) is 30.6. The molecule has 0 saturated carbocycles. The number of nitrogens with zero attached hydrogens (tertiary/aromatic N) is 4. The Morgan fingerprint density at radius 1 is 0.371 bits per heavy atom. The van der Waals surface area contributed by atoms with E-state index in [0.29, 0.717) is 11.1 Å². The van der Waals surface area contributed by atoms with Crippen molar-refractivity contribution in [1.82, 2.24) is 9.13 Å². The van der Waals surface area contributed by atoms with E-state index in [9.17, 15) is 10.5 Å². The molecule has 12 rings (SSSR count). The quantitative estimate of drug-likeness (QED) is 0.124. The summed E-state index contributed by atoms with van der Waals surface area (Å²) in [6, 6.07) is 77.5. The maximum absolute atomic E-state index is 10.8. The number of hydrogen-bond acceptors (Lipinski definition) is 3. The van der Waals surface area contributed by atoms with Crippen LogP contribution in [0.5, 0.6) is 0 Å². The first kappa shape index (κ1) is 35.5. The van der Waals surface area contributed by atoms with Crippen LogP contribution in [-0.2, 0) is 0 Å². The standard InChI is InChI=1S/C56H34N4OSi/c57-35-37-23-29-52-49(33-37)46-18-8-10-20-50(46)59(52)40-31-38(36-58)32-44(34-40)62(41-13-3-1-4-14-41,42-15-5-2-6-16-42)43-26-24-39(25-27-43)60-51-21-11-7-17-45(51)47-28-30-54-55(56(47)60)48-19-9-12-22-53(48)61-54/h1-34H. The molecule has 0 saturated heterocycles. The SMILES string of the molecule is N#Cc1cc(-n2c3ccccc3c3cc(C#N)ccc32)cc([Si](c2ccccc2)(c2ccccc2)c2ccc(-n3c4ccccc4c4ccc5oc6ccccc6c5c43)cc2)c1. The summed E-state index contributed by atoms with van der Waals surface area (Å²) in [5, 5.41) is 32.0. The molecule has 62 heavy (non-hydrogen) atoms. The summed E-state index contributed by atoms with van der Waals surface area (Å²) in [6.07, 6.45) is 0. The average Bonchev–Trinajstić information content (AvgIpc) is 4.00. The Kier molecular flexibility index (Phi) is 7.92. The lowest BCUT2D eigenvalue weighted by Gasteiger charge is -2.35. The van der Waals surface area contributed by atoms with E-state index >= 15 is 0 Å². The fraction of sp³-hybridized carbons (Fsp3) is 0. The third-order valence-electron chi connectivity index (χ3n) is 12.7. The van der Waals surface area contributed by atoms with Crippen LogP contribution in [0.15, 0.2) is 211 Å². The van der Waals surface area contributed by atoms with Gasteiger partial charge in [-0.25, -0.2) is 0 Å². The van der Waals surface area contributed by atoms with Crippen LogP contribution in [-0.4, -0.2) is 17.2 Å². The molecule has 12 aromatic rings. The van der Waals surface area contributed by atoms with E-state index in [4.69, 9.17) is 4.42 Å². The average molecular weight is 807 g/mol. The van der Waals surface area contributed by atoms with E-state index in [1.165, 1.54) is 26.3 Å². The molecule has 0 amide bonds. The number of para-hydroxylation sites is 3. The van der Waals surface area contributed by atoms with Crippen molar-refractivity contribution in [1.29, 1.82) is 10.5 Å². The summed E-state index contributed by atoms with van der Waals surface area (Å²) in [5.74, 6) is 0. The Labute approximate surface area is 357 Å². The number of rotatable bonds is 6. The summed E-state index contributed by atoms with van der Waals surface area (Å²) in [5.41, 5.74) is 9.12. The molecule has 9 aromatic carbocycles. The molecule has 0 spiro atoms. The van der Waals surface area contributed by atoms with Crippen molar-refractivity contribution in [2.24, 2.45) is 0 Å². The maximum atomic E-state index is 10.8. The van der Waals surface area contributed by atoms with Gasteiger partial charge in [0, 0.05) is 38.3 Å². The molecule has 5 nitrogen and oxygen atoms in total. The normalized spacial score (nSPS) is 11.8. The number of aromatic nitrogens is 2. The highest BCUT2D eigenvalue weighted by Crippen LogP contribution is 2.41. The van der Waals surface area contributed by atoms with Crippen LogP contribution >= 0.6 is 0 Å². The summed E-state index contributed by atoms with van der Waals surface area (Å²) >= 11 is 0. The van der Waals surface area contributed by atoms with Gasteiger partial charge in [-0.05, 0) is 99.6 Å². The Balaban J connectivity index is 1.14. The third-order valence-corrected chi connectivity index (χ3v) is 17.4. The smallest absolute Gasteiger partial charge is 0.179 e. The molecule has 0 radical (unpaired) electrons. The maximum Gasteiger partial charge on any atom is 0.179 e. The molecule has 0 atom stereocenters. The molecule has 288 valence electrons. The molecular formula is C56H34N4OSi. The van der Waals surface area contributed by atoms with Gasteiger partial charge in [0.1, 0.15) is 11.2 Å². The van der Waals surface area contributed by atoms with Gasteiger partial charge in [0.15, 0.2) is 8.07 Å². The fourth-order valence-corrected chi connectivity index (χ4v) is 14.9. The lowest BCUT2D eigenvalue weighted by molar-refractivity contribution is 0.669. The van der Waals surface area contributed by atoms with Gasteiger partial charge in [0.2, 0.25) is 0 Å². The van der Waals surface area contributed by atoms with Crippen LogP contribution in [0, 0.1) is 22.7 Å². The minimum atomic E-state index is -3.16. The predicted molar refractivity (Wildman–Crippen MR) is 255 cm³/mol. The molecule has 3 aromatic heterocycles. The minimum absolute atomic E-state index is 0.582. The van der Waals surface area contributed by atoms with Crippen LogP contribution in [0.2, 0.25) is 0 Å². The lowest BCUT2D eigenvalue weighted by Crippen LogP contribution is -2.74. The first-order valence-corrected chi connectivity index (χ1v) is 22.7. The second-order valence-electron chi connectivity index (χ2n) is 15.9. The summed E-state index contributed by atoms with van der Waals surface area (Å²) < 4.78 is 11.1. The number of benzene rings is 9. The van der Waals surface area contributed by atoms with E-state index in [1.54, 1.807) is 0 Å². The topological polar surface area (TPSA) is 70.6 Å². The lowest BCUT2D eigenvalue weighted by atomic mass is 10.1. The zero-order valence-corrected chi connectivity index (χ0v) is 34.3. The van der Waals surface area contributed by atoms with Crippen LogP contribution in [0.25, 0.3) is 76.9 Å². The van der Waals surface area contributed by atoms with Crippen LogP contribution < -0.4 is 20.7 Å². The van der Waals surface area contributed by atoms with Gasteiger partial charge in [0.05, 0.1) is 50.7 Å². The largest absolute Gasteiger partial charge is 0.456 e. The third kappa shape index (κ3) is 5.12. The fourth-order valence-electron chi connectivity index (χ4n) is 10.1. The Morgan fingerprint density at radius 2 is 0.952 bits per heavy atom. The van der Waals surface area contributed by atoms with Crippen molar-refractivity contribution < 1.29 is 4.42 Å². The van der Waals surface area contributed by atoms with Crippen molar-refractivity contribution in [3.8, 4) is 23.5 Å². The highest BCUT2D eigenvalue weighted by Gasteiger charge is 2.42. The van der Waals surface area contributed by atoms with Gasteiger partial charge >= 0.3 is 0 Å². The van der Waals surface area contributed by atoms with E-state index in [-0.39, 0.29) is 0 Å². The number of fused-ring (bicyclic) bond motifs is 10. The number of nitriles is 2. The summed E-state index contributed by atoms with van der Waals surface area (Å²) in [7, 11) is -3.16. The second-order valence-corrected chi connectivity index (χ2v) is 19.7. The monoisotopic (exact) mass is 806 g/mol. The van der Waals surface area contributed by atoms with Crippen LogP contribution in [0.3, 0.4) is 0 Å². The predicted octanol–water partition coefficient (Wildman–Crippen LogP) is 10.9. The molecule has 0 fully saturated rings. The molecule has 0 N–H and O–H groups in total. The molecule has 0 aliphatic rings. The highest BCUT2D eigenvalue weighted by molar-refractivity contribution is 7.20. The first-order valence-electron chi connectivity index (χ1n) is 20.7. The second kappa shape index (κ2) is 13.8. The van der Waals surface area contributed by atoms with E-state index in [1.807, 2.05) is 48.5 Å². The van der Waals surface area contributed by atoms with Crippen molar-refractivity contribution in [3.63, 3.8) is 0 Å². The van der Waals surface area contributed by atoms with Crippen LogP contribution in [0.4, 0.5) is 0 Å². The Bertz CT molecular complexity index is 3790. The Hall–Kier alpha value is -8.42. The van der Waals surface area contributed by atoms with E-state index < -0.39 is 8.07 Å². The molecule has 0 bridgehead atoms. The highest BCUT2D eigenvalue weighted by atomic mass is 28.3. The summed E-state index contributed by atoms with van der Waals surface area (Å²) in [6.45, 7) is 0. The summed E-state index contributed by atoms with van der Waals surface area (Å²) in [4.78, 5) is 0. The molecular weight excluding hydrogens is 773 g/mol. The van der Waals surface area contributed by atoms with E-state index in [0.717, 1.165) is 71.3 Å². The van der Waals surface area contributed by atoms with Crippen molar-refractivity contribution in [2.75, 3.05) is 0 Å². The molecule has 3 heterocycles. The molecule has 0 aliphatic carbocycles. The van der Waals surface area contributed by atoms with Gasteiger partial charge in [-0.3, -0.25) is 0 Å². The Morgan fingerprint density at radius 3 is 1.65 bits per heavy atom. The number of hydrogen-bond donors (Lipinski definition) is 0. The van der Waals surface area contributed by atoms with Gasteiger partial charge in [-0.15, -0.1) is 0 Å². The van der Waals surface area contributed by atoms with Gasteiger partial charge < -0.3 is 13.6 Å². The van der Waals surface area contributed by atoms with Crippen molar-refractivity contribution in [3.05, 3.63) is 217 Å². The molecule has 6 heteroatoms. The zero-order valence-electron chi connectivity index (χ0n) is 33.3. The van der Waals surface area contributed by atoms with Gasteiger partial charge in [-0.2, -0.15) is 10.5 Å². The molecule has 0 unspecified atom stereocenters. The number of furan rings is 1. The minimum Gasteiger partial charge on any atom is -0.456 e. The van der Waals surface area contributed by atoms with Crippen molar-refractivity contribution >= 4 is 94.4 Å². The van der Waals surface area contributed by atoms with Gasteiger partial charge in [0.25, 0.3) is 0 Å². The van der Waals surface area contributed by atoms with Crippen molar-refractivity contribution in [2.45, 2.75) is 0 Å². The van der Waals surface area contributed by atoms with Gasteiger partial charge in [-0.1, -0.05) is 127 Å². The van der Waals surface area contributed by atoms with Crippen LogP contribution in [0.1, 0.15) is 11.1 Å². The molecule has 0 aliphatic heterocycles. The zero-order chi connectivity index (χ0) is 41.4.